The molecule has 1 saturated carbocycles. The van der Waals surface area contributed by atoms with Crippen molar-refractivity contribution < 1.29 is 47.9 Å². The molecular formula is C21H29N3O10. The van der Waals surface area contributed by atoms with E-state index in [0.717, 1.165) is 9.96 Å². The van der Waals surface area contributed by atoms with Crippen molar-refractivity contribution in [3.05, 3.63) is 0 Å². The lowest BCUT2D eigenvalue weighted by atomic mass is 10.2. The van der Waals surface area contributed by atoms with Gasteiger partial charge in [-0.2, -0.15) is 5.06 Å². The molecule has 0 spiro atoms. The molecule has 1 aliphatic carbocycles. The van der Waals surface area contributed by atoms with Gasteiger partial charge in [0, 0.05) is 32.2 Å². The zero-order valence-corrected chi connectivity index (χ0v) is 19.4. The molecule has 2 rings (SSSR count). The summed E-state index contributed by atoms with van der Waals surface area (Å²) >= 11 is 0. The second-order valence-corrected chi connectivity index (χ2v) is 8.79. The predicted molar refractivity (Wildman–Crippen MR) is 112 cm³/mol. The van der Waals surface area contributed by atoms with Crippen molar-refractivity contribution in [3.63, 3.8) is 0 Å². The summed E-state index contributed by atoms with van der Waals surface area (Å²) in [5.74, 6) is -4.21. The number of carbonyl (C=O) groups is 7. The van der Waals surface area contributed by atoms with E-state index in [9.17, 15) is 33.6 Å². The number of ether oxygens (including phenoxy) is 2. The molecule has 2 aliphatic rings. The third-order valence-electron chi connectivity index (χ3n) is 4.69. The normalized spacial score (nSPS) is 16.4. The first-order valence-electron chi connectivity index (χ1n) is 10.9. The van der Waals surface area contributed by atoms with Crippen LogP contribution in [0.4, 0.5) is 4.79 Å². The molecule has 3 amide bonds. The molecule has 0 atom stereocenters. The fourth-order valence-electron chi connectivity index (χ4n) is 3.15. The Morgan fingerprint density at radius 3 is 2.18 bits per heavy atom. The highest BCUT2D eigenvalue weighted by Crippen LogP contribution is 2.15. The molecule has 1 saturated heterocycles. The molecule has 1 heterocycles. The lowest BCUT2D eigenvalue weighted by Gasteiger charge is -2.23. The van der Waals surface area contributed by atoms with Gasteiger partial charge in [0.15, 0.2) is 11.6 Å². The lowest BCUT2D eigenvalue weighted by Crippen LogP contribution is -2.44. The smallest absolute Gasteiger partial charge is 0.407 e. The number of ketones is 2. The highest BCUT2D eigenvalue weighted by Gasteiger charge is 2.37. The van der Waals surface area contributed by atoms with Crippen LogP contribution in [0.3, 0.4) is 0 Å². The first-order valence-corrected chi connectivity index (χ1v) is 10.9. The number of rotatable bonds is 9. The molecule has 0 aromatic rings. The van der Waals surface area contributed by atoms with Gasteiger partial charge in [-0.3, -0.25) is 24.0 Å². The number of amides is 3. The molecule has 1 N–H and O–H groups in total. The summed E-state index contributed by atoms with van der Waals surface area (Å²) in [5.41, 5.74) is -0.740. The van der Waals surface area contributed by atoms with Crippen LogP contribution >= 0.6 is 0 Å². The number of esters is 1. The average molecular weight is 483 g/mol. The molecule has 1 aliphatic heterocycles. The topological polar surface area (TPSA) is 166 Å². The van der Waals surface area contributed by atoms with Crippen molar-refractivity contribution >= 4 is 41.4 Å². The van der Waals surface area contributed by atoms with E-state index in [-0.39, 0.29) is 44.7 Å². The van der Waals surface area contributed by atoms with Gasteiger partial charge in [0.05, 0.1) is 6.54 Å². The molecule has 34 heavy (non-hydrogen) atoms. The van der Waals surface area contributed by atoms with Crippen LogP contribution in [0.5, 0.6) is 0 Å². The fourth-order valence-corrected chi connectivity index (χ4v) is 3.15. The Morgan fingerprint density at radius 2 is 1.62 bits per heavy atom. The molecule has 0 aromatic heterocycles. The Hall–Kier alpha value is -3.51. The van der Waals surface area contributed by atoms with E-state index in [1.54, 1.807) is 20.8 Å². The minimum Gasteiger partial charge on any atom is -0.445 e. The van der Waals surface area contributed by atoms with Crippen LogP contribution in [0.25, 0.3) is 0 Å². The van der Waals surface area contributed by atoms with E-state index in [4.69, 9.17) is 14.3 Å². The Balaban J connectivity index is 1.96. The van der Waals surface area contributed by atoms with Crippen molar-refractivity contribution in [3.8, 4) is 0 Å². The van der Waals surface area contributed by atoms with E-state index in [0.29, 0.717) is 6.42 Å². The van der Waals surface area contributed by atoms with E-state index >= 15 is 0 Å². The number of hydrogen-bond donors (Lipinski definition) is 1. The third-order valence-corrected chi connectivity index (χ3v) is 4.69. The number of nitrogens with one attached hydrogen (secondary N) is 1. The molecule has 0 unspecified atom stereocenters. The molecule has 0 radical (unpaired) electrons. The summed E-state index contributed by atoms with van der Waals surface area (Å²) in [6.45, 7) is 3.62. The van der Waals surface area contributed by atoms with Crippen molar-refractivity contribution in [2.24, 2.45) is 0 Å². The molecule has 188 valence electrons. The standard InChI is InChI=1S/C21H29N3O10/c1-21(2,3)33-20(31)22-9-8-15(27)23(12-18(30)34-24-10-4-5-16(24)28)11-17(29)32-19-13(25)6-7-14(19)26/h19H,4-12H2,1-3H3,(H,22,31). The Labute approximate surface area is 196 Å². The van der Waals surface area contributed by atoms with Gasteiger partial charge in [0.1, 0.15) is 18.7 Å². The molecule has 2 fully saturated rings. The van der Waals surface area contributed by atoms with E-state index in [2.05, 4.69) is 5.32 Å². The largest absolute Gasteiger partial charge is 0.445 e. The van der Waals surface area contributed by atoms with Crippen molar-refractivity contribution in [2.75, 3.05) is 26.2 Å². The quantitative estimate of drug-likeness (QED) is 0.338. The number of carbonyl (C=O) groups excluding carboxylic acids is 7. The van der Waals surface area contributed by atoms with Crippen LogP contribution in [0.2, 0.25) is 0 Å². The predicted octanol–water partition coefficient (Wildman–Crippen LogP) is -0.346. The highest BCUT2D eigenvalue weighted by atomic mass is 16.7. The second-order valence-electron chi connectivity index (χ2n) is 8.79. The van der Waals surface area contributed by atoms with Gasteiger partial charge in [-0.15, -0.1) is 0 Å². The van der Waals surface area contributed by atoms with Crippen molar-refractivity contribution in [2.45, 2.75) is 64.6 Å². The molecule has 13 nitrogen and oxygen atoms in total. The Kier molecular flexibility index (Phi) is 9.10. The number of hydrogen-bond acceptors (Lipinski definition) is 10. The third kappa shape index (κ3) is 8.45. The SMILES string of the molecule is CC(C)(C)OC(=O)NCCC(=O)N(CC(=O)OC1C(=O)CCC1=O)CC(=O)ON1CCCC1=O. The van der Waals surface area contributed by atoms with Gasteiger partial charge in [-0.05, 0) is 27.2 Å². The van der Waals surface area contributed by atoms with E-state index in [1.165, 1.54) is 0 Å². The summed E-state index contributed by atoms with van der Waals surface area (Å²) in [6.07, 6.45) is -1.91. The van der Waals surface area contributed by atoms with E-state index in [1.807, 2.05) is 0 Å². The van der Waals surface area contributed by atoms with Crippen molar-refractivity contribution in [1.29, 1.82) is 0 Å². The first-order chi connectivity index (χ1) is 15.9. The first kappa shape index (κ1) is 26.7. The zero-order valence-electron chi connectivity index (χ0n) is 19.4. The molecular weight excluding hydrogens is 454 g/mol. The fraction of sp³-hybridized carbons (Fsp3) is 0.667. The monoisotopic (exact) mass is 483 g/mol. The number of Topliss-reactive ketones (excluding diaryl/α,β-unsaturated/α-hetero) is 2. The minimum absolute atomic E-state index is 0.0358. The van der Waals surface area contributed by atoms with Gasteiger partial charge in [0.25, 0.3) is 5.91 Å². The molecule has 0 aromatic carbocycles. The minimum atomic E-state index is -1.52. The number of hydroxylamine groups is 2. The zero-order chi connectivity index (χ0) is 25.5. The molecule has 0 bridgehead atoms. The number of nitrogens with zero attached hydrogens (tertiary/aromatic N) is 2. The van der Waals surface area contributed by atoms with Crippen LogP contribution in [-0.4, -0.2) is 89.3 Å². The summed E-state index contributed by atoms with van der Waals surface area (Å²) in [7, 11) is 0. The highest BCUT2D eigenvalue weighted by molar-refractivity contribution is 6.12. The van der Waals surface area contributed by atoms with Gasteiger partial charge < -0.3 is 24.5 Å². The average Bonchev–Trinajstić information content (AvgIpc) is 3.25. The van der Waals surface area contributed by atoms with Crippen LogP contribution < -0.4 is 5.32 Å². The van der Waals surface area contributed by atoms with Crippen LogP contribution in [0.15, 0.2) is 0 Å². The second kappa shape index (κ2) is 11.6. The van der Waals surface area contributed by atoms with Gasteiger partial charge in [-0.25, -0.2) is 9.59 Å². The summed E-state index contributed by atoms with van der Waals surface area (Å²) in [4.78, 5) is 89.8. The maximum Gasteiger partial charge on any atom is 0.407 e. The lowest BCUT2D eigenvalue weighted by molar-refractivity contribution is -0.194. The summed E-state index contributed by atoms with van der Waals surface area (Å²) in [5, 5.41) is 3.26. The molecule has 13 heteroatoms. The summed E-state index contributed by atoms with van der Waals surface area (Å²) in [6, 6.07) is 0. The van der Waals surface area contributed by atoms with Gasteiger partial charge in [-0.1, -0.05) is 0 Å². The van der Waals surface area contributed by atoms with Crippen LogP contribution in [-0.2, 0) is 43.1 Å². The van der Waals surface area contributed by atoms with Crippen molar-refractivity contribution in [1.82, 2.24) is 15.3 Å². The van der Waals surface area contributed by atoms with Crippen LogP contribution in [0, 0.1) is 0 Å². The van der Waals surface area contributed by atoms with Gasteiger partial charge >= 0.3 is 18.0 Å². The summed E-state index contributed by atoms with van der Waals surface area (Å²) < 4.78 is 9.97. The maximum atomic E-state index is 12.7. The maximum absolute atomic E-state index is 12.7. The van der Waals surface area contributed by atoms with E-state index < -0.39 is 60.3 Å². The Bertz CT molecular complexity index is 847. The number of alkyl carbamates (subject to hydrolysis) is 1. The van der Waals surface area contributed by atoms with Gasteiger partial charge in [0.2, 0.25) is 12.0 Å². The Morgan fingerprint density at radius 1 is 1.00 bits per heavy atom. The van der Waals surface area contributed by atoms with Crippen LogP contribution in [0.1, 0.15) is 52.9 Å².